The summed E-state index contributed by atoms with van der Waals surface area (Å²) >= 11 is 0. The number of piperidine rings is 6. The van der Waals surface area contributed by atoms with Gasteiger partial charge in [0.2, 0.25) is 0 Å². The second-order valence-corrected chi connectivity index (χ2v) is 15.8. The van der Waals surface area contributed by atoms with Crippen molar-refractivity contribution in [1.82, 2.24) is 0 Å². The van der Waals surface area contributed by atoms with E-state index < -0.39 is 0 Å². The molecule has 0 atom stereocenters. The molecule has 0 aromatic heterocycles. The number of anilines is 6. The number of benzene rings is 2. The fourth-order valence-corrected chi connectivity index (χ4v) is 10.1. The van der Waals surface area contributed by atoms with Gasteiger partial charge in [-0.05, 0) is 116 Å². The minimum Gasteiger partial charge on any atom is -0.369 e. The molecule has 6 aliphatic heterocycles. The van der Waals surface area contributed by atoms with Crippen molar-refractivity contribution in [2.75, 3.05) is 108 Å². The molecule has 0 unspecified atom stereocenters. The summed E-state index contributed by atoms with van der Waals surface area (Å²) in [6.45, 7) is 10.7. The molecule has 8 rings (SSSR count). The van der Waals surface area contributed by atoms with Crippen LogP contribution in [0.25, 0.3) is 10.8 Å². The maximum Gasteiger partial charge on any atom is 0.172 e. The van der Waals surface area contributed by atoms with E-state index in [9.17, 15) is 0 Å². The Morgan fingerprint density at radius 1 is 0.229 bits per heavy atom. The van der Waals surface area contributed by atoms with Gasteiger partial charge in [-0.3, -0.25) is 0 Å². The third-order valence-corrected chi connectivity index (χ3v) is 12.5. The van der Waals surface area contributed by atoms with E-state index in [4.69, 9.17) is 0 Å². The normalized spacial score (nSPS) is 23.4. The van der Waals surface area contributed by atoms with Gasteiger partial charge in [-0.25, -0.2) is 8.78 Å². The van der Waals surface area contributed by atoms with Crippen LogP contribution in [-0.2, 0) is 0 Å². The van der Waals surface area contributed by atoms with Gasteiger partial charge in [0, 0.05) is 89.3 Å². The van der Waals surface area contributed by atoms with Crippen molar-refractivity contribution in [3.05, 3.63) is 11.6 Å². The molecule has 0 bridgehead atoms. The molecule has 0 N–H and O–H groups in total. The summed E-state index contributed by atoms with van der Waals surface area (Å²) in [5.74, 6) is -0.0446. The van der Waals surface area contributed by atoms with Crippen molar-refractivity contribution in [2.24, 2.45) is 0 Å². The molecule has 0 radical (unpaired) electrons. The molecule has 2 aromatic rings. The Bertz CT molecular complexity index is 1300. The highest BCUT2D eigenvalue weighted by Gasteiger charge is 2.39. The molecule has 0 amide bonds. The molecule has 6 aliphatic rings. The highest BCUT2D eigenvalue weighted by atomic mass is 19.1. The zero-order chi connectivity index (χ0) is 32.5. The van der Waals surface area contributed by atoms with E-state index in [2.05, 4.69) is 29.4 Å². The summed E-state index contributed by atoms with van der Waals surface area (Å²) in [6, 6.07) is 0. The first-order valence-electron chi connectivity index (χ1n) is 20.3. The molecular weight excluding hydrogens is 602 g/mol. The van der Waals surface area contributed by atoms with Crippen LogP contribution in [0.15, 0.2) is 0 Å². The average molecular weight is 663 g/mol. The Morgan fingerprint density at radius 3 is 0.646 bits per heavy atom. The highest BCUT2D eigenvalue weighted by Crippen LogP contribution is 2.57. The van der Waals surface area contributed by atoms with E-state index in [1.165, 1.54) is 38.5 Å². The minimum absolute atomic E-state index is 0.0223. The van der Waals surface area contributed by atoms with Crippen LogP contribution >= 0.6 is 0 Å². The lowest BCUT2D eigenvalue weighted by atomic mass is 9.91. The molecule has 6 heterocycles. The summed E-state index contributed by atoms with van der Waals surface area (Å²) in [5.41, 5.74) is 5.21. The number of rotatable bonds is 6. The second kappa shape index (κ2) is 14.7. The van der Waals surface area contributed by atoms with Crippen molar-refractivity contribution in [3.63, 3.8) is 0 Å². The Kier molecular flexibility index (Phi) is 9.96. The van der Waals surface area contributed by atoms with E-state index in [1.54, 1.807) is 0 Å². The van der Waals surface area contributed by atoms with E-state index in [0.717, 1.165) is 200 Å². The monoisotopic (exact) mass is 662 g/mol. The van der Waals surface area contributed by atoms with Crippen LogP contribution in [0.1, 0.15) is 116 Å². The fourth-order valence-electron chi connectivity index (χ4n) is 10.1. The van der Waals surface area contributed by atoms with Crippen molar-refractivity contribution >= 4 is 44.9 Å². The predicted molar refractivity (Wildman–Crippen MR) is 200 cm³/mol. The second-order valence-electron chi connectivity index (χ2n) is 15.8. The predicted octanol–water partition coefficient (Wildman–Crippen LogP) is 9.06. The molecule has 48 heavy (non-hydrogen) atoms. The Balaban J connectivity index is 1.53. The molecule has 0 spiro atoms. The van der Waals surface area contributed by atoms with E-state index in [0.29, 0.717) is 0 Å². The third-order valence-electron chi connectivity index (χ3n) is 12.5. The molecule has 0 saturated carbocycles. The van der Waals surface area contributed by atoms with Gasteiger partial charge in [-0.15, -0.1) is 0 Å². The Labute approximate surface area is 288 Å². The molecule has 0 aliphatic carbocycles. The topological polar surface area (TPSA) is 19.4 Å². The smallest absolute Gasteiger partial charge is 0.172 e. The lowest BCUT2D eigenvalue weighted by Gasteiger charge is -2.44. The van der Waals surface area contributed by atoms with Gasteiger partial charge in [-0.1, -0.05) is 0 Å². The zero-order valence-corrected chi connectivity index (χ0v) is 29.7. The number of hydrogen-bond donors (Lipinski definition) is 0. The van der Waals surface area contributed by atoms with E-state index in [-0.39, 0.29) is 11.6 Å². The van der Waals surface area contributed by atoms with Gasteiger partial charge in [0.15, 0.2) is 11.6 Å². The maximum absolute atomic E-state index is 18.3. The van der Waals surface area contributed by atoms with Crippen LogP contribution < -0.4 is 29.4 Å². The first kappa shape index (κ1) is 32.6. The van der Waals surface area contributed by atoms with E-state index >= 15 is 8.78 Å². The van der Waals surface area contributed by atoms with Gasteiger partial charge in [0.05, 0.1) is 34.1 Å². The average Bonchev–Trinajstić information content (AvgIpc) is 3.16. The zero-order valence-electron chi connectivity index (χ0n) is 29.7. The number of nitrogens with zero attached hydrogens (tertiary/aromatic N) is 6. The lowest BCUT2D eigenvalue weighted by molar-refractivity contribution is 0.534. The van der Waals surface area contributed by atoms with Gasteiger partial charge in [-0.2, -0.15) is 0 Å². The summed E-state index contributed by atoms with van der Waals surface area (Å²) in [4.78, 5) is 14.6. The summed E-state index contributed by atoms with van der Waals surface area (Å²) < 4.78 is 36.7. The van der Waals surface area contributed by atoms with Gasteiger partial charge >= 0.3 is 0 Å². The third kappa shape index (κ3) is 6.05. The molecule has 8 heteroatoms. The molecule has 2 aromatic carbocycles. The summed E-state index contributed by atoms with van der Waals surface area (Å²) in [7, 11) is 0. The van der Waals surface area contributed by atoms with Crippen LogP contribution in [0.3, 0.4) is 0 Å². The van der Waals surface area contributed by atoms with Crippen LogP contribution in [0.4, 0.5) is 42.9 Å². The first-order valence-corrected chi connectivity index (χ1v) is 20.3. The van der Waals surface area contributed by atoms with Crippen molar-refractivity contribution in [3.8, 4) is 0 Å². The first-order chi connectivity index (χ1) is 23.7. The summed E-state index contributed by atoms with van der Waals surface area (Å²) in [6.07, 6.45) is 20.4. The molecule has 6 fully saturated rings. The highest BCUT2D eigenvalue weighted by molar-refractivity contribution is 6.22. The number of halogens is 2. The van der Waals surface area contributed by atoms with Gasteiger partial charge in [0.1, 0.15) is 0 Å². The van der Waals surface area contributed by atoms with Gasteiger partial charge < -0.3 is 29.4 Å². The number of hydrogen-bond acceptors (Lipinski definition) is 6. The van der Waals surface area contributed by atoms with Crippen molar-refractivity contribution in [2.45, 2.75) is 116 Å². The van der Waals surface area contributed by atoms with Crippen LogP contribution in [0.2, 0.25) is 0 Å². The maximum atomic E-state index is 18.3. The van der Waals surface area contributed by atoms with Crippen LogP contribution in [0, 0.1) is 11.6 Å². The van der Waals surface area contributed by atoms with Crippen LogP contribution in [-0.4, -0.2) is 78.5 Å². The molecule has 6 saturated heterocycles. The van der Waals surface area contributed by atoms with Gasteiger partial charge in [0.25, 0.3) is 0 Å². The van der Waals surface area contributed by atoms with Crippen LogP contribution in [0.5, 0.6) is 0 Å². The Hall–Kier alpha value is -2.64. The summed E-state index contributed by atoms with van der Waals surface area (Å²) in [5, 5.41) is 2.08. The minimum atomic E-state index is -0.0223. The molecule has 6 nitrogen and oxygen atoms in total. The van der Waals surface area contributed by atoms with E-state index in [1.807, 2.05) is 0 Å². The quantitative estimate of drug-likeness (QED) is 0.305. The molecule has 264 valence electrons. The Morgan fingerprint density at radius 2 is 0.417 bits per heavy atom. The standard InChI is InChI=1S/C40H60F2N6/c41-33-35(43-19-7-1-8-20-43)31-32(38(46-25-13-4-14-26-46)39(33)47-27-15-5-16-28-47)36(44-21-9-2-10-22-44)34(42)40(48-29-17-6-18-30-48)37(31)45-23-11-3-12-24-45/h1-30H2. The fraction of sp³-hybridized carbons (Fsp3) is 0.750. The van der Waals surface area contributed by atoms with Crippen molar-refractivity contribution < 1.29 is 8.78 Å². The lowest BCUT2D eigenvalue weighted by Crippen LogP contribution is -2.39. The molecular formula is C40H60F2N6. The largest absolute Gasteiger partial charge is 0.369 e. The number of fused-ring (bicyclic) bond motifs is 1. The van der Waals surface area contributed by atoms with Crippen molar-refractivity contribution in [1.29, 1.82) is 0 Å². The SMILES string of the molecule is Fc1c(N2CCCCC2)c(N2CCCCC2)c2c(N3CCCCC3)c(F)c(N3CCCCC3)c(N3CCCCC3)c2c1N1CCCCC1.